The van der Waals surface area contributed by atoms with E-state index in [1.165, 1.54) is 0 Å². The first-order valence-corrected chi connectivity index (χ1v) is 11.4. The number of nitrogens with zero attached hydrogens (tertiary/aromatic N) is 3. The highest BCUT2D eigenvalue weighted by molar-refractivity contribution is 8.27. The summed E-state index contributed by atoms with van der Waals surface area (Å²) in [5, 5.41) is 21.4. The van der Waals surface area contributed by atoms with E-state index in [1.807, 2.05) is 60.7 Å². The van der Waals surface area contributed by atoms with Gasteiger partial charge in [0.2, 0.25) is 0 Å². The summed E-state index contributed by atoms with van der Waals surface area (Å²) >= 11 is 3.17. The second kappa shape index (κ2) is 6.92. The quantitative estimate of drug-likeness (QED) is 0.651. The Hall–Kier alpha value is -2.25. The summed E-state index contributed by atoms with van der Waals surface area (Å²) < 4.78 is 5.50. The maximum atomic E-state index is 10.2. The van der Waals surface area contributed by atoms with Gasteiger partial charge in [-0.3, -0.25) is 4.99 Å². The number of hydrogen-bond acceptors (Lipinski definition) is 6. The van der Waals surface area contributed by atoms with Crippen molar-refractivity contribution in [2.75, 3.05) is 0 Å². The molecule has 2 atom stereocenters. The van der Waals surface area contributed by atoms with Crippen molar-refractivity contribution >= 4 is 28.6 Å². The van der Waals surface area contributed by atoms with Crippen molar-refractivity contribution in [3.05, 3.63) is 71.8 Å². The van der Waals surface area contributed by atoms with Crippen LogP contribution in [-0.2, 0) is 4.74 Å². The molecule has 2 aromatic carbocycles. The second-order valence-electron chi connectivity index (χ2n) is 7.62. The van der Waals surface area contributed by atoms with Gasteiger partial charge in [0.15, 0.2) is 4.08 Å². The van der Waals surface area contributed by atoms with Crippen LogP contribution in [0.4, 0.5) is 0 Å². The third kappa shape index (κ3) is 2.60. The largest absolute Gasteiger partial charge is 0.327 e. The fraction of sp³-hybridized carbons (Fsp3) is 0.348. The Kier molecular flexibility index (Phi) is 4.47. The van der Waals surface area contributed by atoms with Crippen LogP contribution in [-0.4, -0.2) is 20.3 Å². The number of benzene rings is 2. The van der Waals surface area contributed by atoms with Gasteiger partial charge in [0.1, 0.15) is 22.6 Å². The van der Waals surface area contributed by atoms with Crippen molar-refractivity contribution in [1.82, 2.24) is 0 Å². The molecule has 1 saturated heterocycles. The van der Waals surface area contributed by atoms with Crippen LogP contribution in [0, 0.1) is 22.7 Å². The molecule has 144 valence electrons. The van der Waals surface area contributed by atoms with E-state index >= 15 is 0 Å². The lowest BCUT2D eigenvalue weighted by molar-refractivity contribution is 0.0216. The van der Waals surface area contributed by atoms with Gasteiger partial charge in [0.25, 0.3) is 5.60 Å². The molecule has 0 bridgehead atoms. The summed E-state index contributed by atoms with van der Waals surface area (Å²) in [6.07, 6.45) is 3.85. The molecule has 0 unspecified atom stereocenters. The molecule has 0 radical (unpaired) electrons. The van der Waals surface area contributed by atoms with Gasteiger partial charge in [0, 0.05) is 5.56 Å². The Morgan fingerprint density at radius 3 is 2.17 bits per heavy atom. The fourth-order valence-corrected chi connectivity index (χ4v) is 8.35. The van der Waals surface area contributed by atoms with Crippen molar-refractivity contribution in [3.8, 4) is 12.1 Å². The Bertz CT molecular complexity index is 1020. The molecule has 6 heteroatoms. The summed E-state index contributed by atoms with van der Waals surface area (Å²) in [6, 6.07) is 24.5. The number of hydrogen-bond donors (Lipinski definition) is 0. The Balaban J connectivity index is 1.65. The lowest BCUT2D eigenvalue weighted by Crippen LogP contribution is -2.56. The van der Waals surface area contributed by atoms with Crippen LogP contribution in [0.2, 0.25) is 0 Å². The predicted octanol–water partition coefficient (Wildman–Crippen LogP) is 5.44. The molecule has 0 N–H and O–H groups in total. The zero-order valence-electron chi connectivity index (χ0n) is 15.7. The van der Waals surface area contributed by atoms with Gasteiger partial charge in [-0.1, -0.05) is 97.0 Å². The van der Waals surface area contributed by atoms with E-state index in [9.17, 15) is 10.5 Å². The molecule has 2 aliphatic heterocycles. The lowest BCUT2D eigenvalue weighted by Gasteiger charge is -2.40. The molecule has 29 heavy (non-hydrogen) atoms. The first-order valence-electron chi connectivity index (χ1n) is 9.75. The van der Waals surface area contributed by atoms with Gasteiger partial charge in [-0.15, -0.1) is 0 Å². The van der Waals surface area contributed by atoms with Crippen LogP contribution in [0.15, 0.2) is 65.7 Å². The van der Waals surface area contributed by atoms with E-state index < -0.39 is 15.2 Å². The zero-order valence-corrected chi connectivity index (χ0v) is 17.4. The molecule has 3 aliphatic rings. The highest BCUT2D eigenvalue weighted by atomic mass is 32.2. The van der Waals surface area contributed by atoms with Crippen LogP contribution in [0.25, 0.3) is 0 Å². The molecule has 5 rings (SSSR count). The molecule has 2 heterocycles. The van der Waals surface area contributed by atoms with Gasteiger partial charge in [-0.05, 0) is 18.4 Å². The molecule has 2 fully saturated rings. The maximum Gasteiger partial charge on any atom is 0.269 e. The number of thioether (sulfide) groups is 2. The van der Waals surface area contributed by atoms with Crippen molar-refractivity contribution in [2.24, 2.45) is 4.99 Å². The van der Waals surface area contributed by atoms with E-state index in [0.29, 0.717) is 0 Å². The Morgan fingerprint density at radius 2 is 1.55 bits per heavy atom. The molecule has 1 aliphatic carbocycles. The molecule has 0 amide bonds. The topological polar surface area (TPSA) is 69.2 Å². The average molecular weight is 418 g/mol. The molecule has 1 saturated carbocycles. The molecule has 2 spiro atoms. The van der Waals surface area contributed by atoms with E-state index in [2.05, 4.69) is 12.1 Å². The van der Waals surface area contributed by atoms with Crippen LogP contribution in [0.1, 0.15) is 42.2 Å². The number of fused-ring (bicyclic) bond motifs is 1. The van der Waals surface area contributed by atoms with Crippen molar-refractivity contribution < 1.29 is 4.74 Å². The molecule has 0 aromatic heterocycles. The minimum atomic E-state index is -1.56. The first kappa shape index (κ1) is 18.8. The minimum absolute atomic E-state index is 0.370. The third-order valence-corrected chi connectivity index (χ3v) is 9.62. The van der Waals surface area contributed by atoms with Crippen LogP contribution < -0.4 is 0 Å². The third-order valence-electron chi connectivity index (χ3n) is 6.03. The van der Waals surface area contributed by atoms with Gasteiger partial charge < -0.3 is 4.74 Å². The highest BCUT2D eigenvalue weighted by Crippen LogP contribution is 2.71. The van der Waals surface area contributed by atoms with Crippen LogP contribution >= 0.6 is 23.5 Å². The van der Waals surface area contributed by atoms with Crippen LogP contribution in [0.5, 0.6) is 0 Å². The van der Waals surface area contributed by atoms with Gasteiger partial charge in [-0.2, -0.15) is 10.5 Å². The number of rotatable bonds is 2. The Labute approximate surface area is 179 Å². The second-order valence-corrected chi connectivity index (χ2v) is 10.4. The summed E-state index contributed by atoms with van der Waals surface area (Å²) in [7, 11) is 0. The van der Waals surface area contributed by atoms with Gasteiger partial charge in [-0.25, -0.2) is 0 Å². The van der Waals surface area contributed by atoms with E-state index in [0.717, 1.165) is 41.9 Å². The van der Waals surface area contributed by atoms with E-state index in [1.54, 1.807) is 23.5 Å². The monoisotopic (exact) mass is 417 g/mol. The average Bonchev–Trinajstić information content (AvgIpc) is 3.48. The normalized spacial score (nSPS) is 28.9. The van der Waals surface area contributed by atoms with Gasteiger partial charge >= 0.3 is 0 Å². The van der Waals surface area contributed by atoms with Crippen molar-refractivity contribution in [3.63, 3.8) is 0 Å². The van der Waals surface area contributed by atoms with E-state index in [-0.39, 0.29) is 5.44 Å². The number of aliphatic imine (C=N–C) groups is 1. The standard InChI is InChI=1S/C23H19N3OS2/c24-15-22(16-25)23(29-20(27-22)18-11-5-2-6-12-18)21(13-7-8-14-21)26-19(28-23)17-9-3-1-4-10-17/h1-6,9-12,20H,7-8,13-14H2/t20-,23-/m1/s1. The summed E-state index contributed by atoms with van der Waals surface area (Å²) in [5.41, 5.74) is -0.387. The number of ether oxygens (including phenoxy) is 1. The maximum absolute atomic E-state index is 10.2. The molecule has 4 nitrogen and oxygen atoms in total. The summed E-state index contributed by atoms with van der Waals surface area (Å²) in [4.78, 5) is 5.22. The fourth-order valence-electron chi connectivity index (χ4n) is 4.63. The van der Waals surface area contributed by atoms with Crippen molar-refractivity contribution in [1.29, 1.82) is 10.5 Å². The molecular formula is C23H19N3OS2. The Morgan fingerprint density at radius 1 is 0.931 bits per heavy atom. The summed E-state index contributed by atoms with van der Waals surface area (Å²) in [6.45, 7) is 0. The molecule has 2 aromatic rings. The number of nitriles is 2. The van der Waals surface area contributed by atoms with Crippen molar-refractivity contribution in [2.45, 2.75) is 46.3 Å². The lowest BCUT2D eigenvalue weighted by atomic mass is 9.83. The minimum Gasteiger partial charge on any atom is -0.327 e. The SMILES string of the molecule is N#CC1(C#N)O[C@@H](c2ccccc2)S[C@@]12SC(c1ccccc1)=NC21CCCC1. The van der Waals surface area contributed by atoms with Gasteiger partial charge in [0.05, 0.1) is 5.54 Å². The predicted molar refractivity (Wildman–Crippen MR) is 116 cm³/mol. The first-order chi connectivity index (χ1) is 14.2. The van der Waals surface area contributed by atoms with E-state index in [4.69, 9.17) is 9.73 Å². The zero-order chi connectivity index (χ0) is 20.0. The highest BCUT2D eigenvalue weighted by Gasteiger charge is 2.75. The van der Waals surface area contributed by atoms with Crippen LogP contribution in [0.3, 0.4) is 0 Å². The molecular weight excluding hydrogens is 398 g/mol. The smallest absolute Gasteiger partial charge is 0.269 e. The summed E-state index contributed by atoms with van der Waals surface area (Å²) in [5.74, 6) is 0.